The Balaban J connectivity index is 3.11. The van der Waals surface area contributed by atoms with Crippen LogP contribution in [0.15, 0.2) is 14.0 Å². The van der Waals surface area contributed by atoms with E-state index in [9.17, 15) is 14.4 Å². The normalized spacial score (nSPS) is 10.9. The number of rotatable bonds is 3. The van der Waals surface area contributed by atoms with Crippen LogP contribution in [0.1, 0.15) is 27.7 Å². The van der Waals surface area contributed by atoms with Gasteiger partial charge in [0.2, 0.25) is 0 Å². The molecule has 0 aromatic carbocycles. The van der Waals surface area contributed by atoms with Crippen molar-refractivity contribution in [2.75, 3.05) is 11.9 Å². The number of aromatic amines is 1. The second-order valence-corrected chi connectivity index (χ2v) is 4.65. The van der Waals surface area contributed by atoms with Gasteiger partial charge in [-0.3, -0.25) is 4.90 Å². The molecule has 2 amide bonds. The molecule has 1 N–H and O–H groups in total. The molecule has 0 unspecified atom stereocenters. The lowest BCUT2D eigenvalue weighted by molar-refractivity contribution is 0.171. The molecule has 0 aliphatic heterocycles. The maximum atomic E-state index is 12.3. The Kier molecular flexibility index (Phi) is 4.47. The third kappa shape index (κ3) is 3.43. The molecule has 0 aliphatic carbocycles. The van der Waals surface area contributed by atoms with E-state index in [0.717, 1.165) is 4.90 Å². The molecule has 19 heavy (non-hydrogen) atoms. The fourth-order valence-electron chi connectivity index (χ4n) is 1.77. The topological polar surface area (TPSA) is 99.5 Å². The van der Waals surface area contributed by atoms with Gasteiger partial charge in [-0.05, 0) is 27.7 Å². The molecule has 8 nitrogen and oxygen atoms in total. The van der Waals surface area contributed by atoms with Crippen LogP contribution in [0.3, 0.4) is 0 Å². The second-order valence-electron chi connectivity index (χ2n) is 4.65. The number of anilines is 1. The standard InChI is InChI=1S/C11H18N4O4/c1-6(2)15(7(3)4)11(18)14(5)9-12-8(16)13-10(17)19-9/h6-7H,1-5H3,(H,13,16,17). The molecule has 1 rings (SSSR count). The number of hydrogen-bond acceptors (Lipinski definition) is 5. The lowest BCUT2D eigenvalue weighted by atomic mass is 10.2. The van der Waals surface area contributed by atoms with E-state index >= 15 is 0 Å². The summed E-state index contributed by atoms with van der Waals surface area (Å²) in [7, 11) is 1.39. The zero-order valence-corrected chi connectivity index (χ0v) is 11.6. The molecule has 0 atom stereocenters. The van der Waals surface area contributed by atoms with Gasteiger partial charge in [0.25, 0.3) is 0 Å². The number of H-pyrrole nitrogens is 1. The summed E-state index contributed by atoms with van der Waals surface area (Å²) in [4.78, 5) is 42.4. The number of aromatic nitrogens is 2. The third-order valence-electron chi connectivity index (χ3n) is 2.50. The van der Waals surface area contributed by atoms with Gasteiger partial charge in [-0.25, -0.2) is 19.4 Å². The number of hydrogen-bond donors (Lipinski definition) is 1. The van der Waals surface area contributed by atoms with Gasteiger partial charge in [0.05, 0.1) is 0 Å². The Hall–Kier alpha value is -2.12. The summed E-state index contributed by atoms with van der Waals surface area (Å²) in [6.07, 6.45) is 0. The highest BCUT2D eigenvalue weighted by Crippen LogP contribution is 2.12. The van der Waals surface area contributed by atoms with Crippen molar-refractivity contribution in [1.29, 1.82) is 0 Å². The van der Waals surface area contributed by atoms with E-state index in [-0.39, 0.29) is 18.1 Å². The van der Waals surface area contributed by atoms with Crippen molar-refractivity contribution in [3.63, 3.8) is 0 Å². The van der Waals surface area contributed by atoms with Crippen molar-refractivity contribution in [2.24, 2.45) is 0 Å². The van der Waals surface area contributed by atoms with Crippen molar-refractivity contribution in [3.05, 3.63) is 21.0 Å². The lowest BCUT2D eigenvalue weighted by Crippen LogP contribution is -2.49. The Bertz CT molecular complexity index is 524. The molecule has 0 fully saturated rings. The van der Waals surface area contributed by atoms with Crippen LogP contribution in [0.25, 0.3) is 0 Å². The summed E-state index contributed by atoms with van der Waals surface area (Å²) in [5.74, 6) is -0.949. The van der Waals surface area contributed by atoms with Crippen LogP contribution in [0.4, 0.5) is 10.8 Å². The number of urea groups is 1. The predicted molar refractivity (Wildman–Crippen MR) is 69.3 cm³/mol. The van der Waals surface area contributed by atoms with Crippen LogP contribution in [-0.4, -0.2) is 40.0 Å². The molecule has 1 aromatic heterocycles. The van der Waals surface area contributed by atoms with Crippen LogP contribution in [0, 0.1) is 0 Å². The average Bonchev–Trinajstić information content (AvgIpc) is 2.25. The summed E-state index contributed by atoms with van der Waals surface area (Å²) in [6.45, 7) is 7.47. The number of amides is 2. The molecule has 0 saturated heterocycles. The van der Waals surface area contributed by atoms with Crippen molar-refractivity contribution in [3.8, 4) is 0 Å². The van der Waals surface area contributed by atoms with E-state index in [1.165, 1.54) is 7.05 Å². The number of nitrogens with one attached hydrogen (secondary N) is 1. The van der Waals surface area contributed by atoms with Crippen molar-refractivity contribution in [2.45, 2.75) is 39.8 Å². The Morgan fingerprint density at radius 1 is 1.21 bits per heavy atom. The van der Waals surface area contributed by atoms with Gasteiger partial charge in [-0.2, -0.15) is 0 Å². The Morgan fingerprint density at radius 3 is 2.16 bits per heavy atom. The monoisotopic (exact) mass is 270 g/mol. The molecule has 106 valence electrons. The van der Waals surface area contributed by atoms with Crippen molar-refractivity contribution < 1.29 is 9.21 Å². The molecule has 1 heterocycles. The van der Waals surface area contributed by atoms with Gasteiger partial charge < -0.3 is 9.32 Å². The first-order chi connectivity index (χ1) is 8.73. The van der Waals surface area contributed by atoms with Crippen LogP contribution in [-0.2, 0) is 0 Å². The van der Waals surface area contributed by atoms with Crippen LogP contribution in [0.5, 0.6) is 0 Å². The lowest BCUT2D eigenvalue weighted by Gasteiger charge is -2.33. The smallest absolute Gasteiger partial charge is 0.375 e. The van der Waals surface area contributed by atoms with E-state index in [0.29, 0.717) is 0 Å². The van der Waals surface area contributed by atoms with E-state index in [1.807, 2.05) is 32.7 Å². The van der Waals surface area contributed by atoms with Crippen LogP contribution >= 0.6 is 0 Å². The number of nitrogens with zero attached hydrogens (tertiary/aromatic N) is 3. The highest BCUT2D eigenvalue weighted by atomic mass is 16.4. The molecule has 0 aliphatic rings. The molecule has 0 spiro atoms. The van der Waals surface area contributed by atoms with Crippen molar-refractivity contribution in [1.82, 2.24) is 14.9 Å². The molecule has 8 heteroatoms. The molecule has 1 aromatic rings. The van der Waals surface area contributed by atoms with Gasteiger partial charge in [-0.1, -0.05) is 0 Å². The van der Waals surface area contributed by atoms with E-state index in [4.69, 9.17) is 4.42 Å². The first-order valence-corrected chi connectivity index (χ1v) is 5.91. The zero-order valence-electron chi connectivity index (χ0n) is 11.6. The first kappa shape index (κ1) is 14.9. The number of carbonyl (C=O) groups is 1. The Morgan fingerprint density at radius 2 is 1.74 bits per heavy atom. The van der Waals surface area contributed by atoms with Crippen molar-refractivity contribution >= 4 is 12.0 Å². The minimum Gasteiger partial charge on any atom is -0.375 e. The third-order valence-corrected chi connectivity index (χ3v) is 2.50. The quantitative estimate of drug-likeness (QED) is 0.856. The molecule has 0 saturated carbocycles. The zero-order chi connectivity index (χ0) is 14.7. The van der Waals surface area contributed by atoms with Gasteiger partial charge in [-0.15, -0.1) is 4.98 Å². The highest BCUT2D eigenvalue weighted by molar-refractivity contribution is 5.89. The Labute approximate surface area is 110 Å². The van der Waals surface area contributed by atoms with E-state index < -0.39 is 17.5 Å². The summed E-state index contributed by atoms with van der Waals surface area (Å²) in [5, 5.41) is 0. The molecular weight excluding hydrogens is 252 g/mol. The summed E-state index contributed by atoms with van der Waals surface area (Å²) < 4.78 is 4.71. The van der Waals surface area contributed by atoms with Gasteiger partial charge in [0, 0.05) is 19.1 Å². The van der Waals surface area contributed by atoms with Crippen LogP contribution < -0.4 is 16.3 Å². The summed E-state index contributed by atoms with van der Waals surface area (Å²) in [6, 6.07) is -0.802. The largest absolute Gasteiger partial charge is 0.423 e. The van der Waals surface area contributed by atoms with E-state index in [2.05, 4.69) is 4.98 Å². The predicted octanol–water partition coefficient (Wildman–Crippen LogP) is 0.398. The maximum absolute atomic E-state index is 12.3. The fourth-order valence-corrected chi connectivity index (χ4v) is 1.77. The highest BCUT2D eigenvalue weighted by Gasteiger charge is 2.26. The average molecular weight is 270 g/mol. The molecule has 0 bridgehead atoms. The molecular formula is C11H18N4O4. The first-order valence-electron chi connectivity index (χ1n) is 5.91. The van der Waals surface area contributed by atoms with Gasteiger partial charge in [0.15, 0.2) is 0 Å². The van der Waals surface area contributed by atoms with Gasteiger partial charge >= 0.3 is 23.5 Å². The minimum atomic E-state index is -0.949. The van der Waals surface area contributed by atoms with Gasteiger partial charge in [0.1, 0.15) is 0 Å². The summed E-state index contributed by atoms with van der Waals surface area (Å²) in [5.41, 5.74) is -0.855. The fraction of sp³-hybridized carbons (Fsp3) is 0.636. The SMILES string of the molecule is CC(C)N(C(=O)N(C)c1nc(=O)[nH]c(=O)o1)C(C)C. The number of carbonyl (C=O) groups excluding carboxylic acids is 1. The van der Waals surface area contributed by atoms with E-state index in [1.54, 1.807) is 4.90 Å². The van der Waals surface area contributed by atoms with Crippen LogP contribution in [0.2, 0.25) is 0 Å². The maximum Gasteiger partial charge on any atom is 0.423 e. The second kappa shape index (κ2) is 5.68. The summed E-state index contributed by atoms with van der Waals surface area (Å²) >= 11 is 0. The minimum absolute atomic E-state index is 0.0383. The molecule has 0 radical (unpaired) electrons.